The smallest absolute Gasteiger partial charge is 0.232 e. The molecule has 0 aromatic heterocycles. The second-order valence-electron chi connectivity index (χ2n) is 7.08. The van der Waals surface area contributed by atoms with Gasteiger partial charge in [-0.25, -0.2) is 8.78 Å². The third-order valence-corrected chi connectivity index (χ3v) is 5.39. The Bertz CT molecular complexity index is 980. The third kappa shape index (κ3) is 2.97. The lowest BCUT2D eigenvalue weighted by Crippen LogP contribution is -2.41. The first-order valence-corrected chi connectivity index (χ1v) is 9.07. The molecule has 0 radical (unpaired) electrons. The number of rotatable bonds is 2. The average molecular weight is 367 g/mol. The Morgan fingerprint density at radius 1 is 1.04 bits per heavy atom. The predicted molar refractivity (Wildman–Crippen MR) is 98.3 cm³/mol. The summed E-state index contributed by atoms with van der Waals surface area (Å²) in [6, 6.07) is 10.9. The number of hydrogen-bond acceptors (Lipinski definition) is 2. The molecule has 5 heteroatoms. The van der Waals surface area contributed by atoms with Crippen LogP contribution in [0.5, 0.6) is 0 Å². The van der Waals surface area contributed by atoms with E-state index >= 15 is 0 Å². The molecule has 0 N–H and O–H groups in total. The highest BCUT2D eigenvalue weighted by molar-refractivity contribution is 6.07. The van der Waals surface area contributed by atoms with Crippen LogP contribution in [0, 0.1) is 18.6 Å². The molecule has 0 saturated heterocycles. The van der Waals surface area contributed by atoms with Gasteiger partial charge in [-0.2, -0.15) is 0 Å². The molecule has 0 fully saturated rings. The number of benzene rings is 2. The summed E-state index contributed by atoms with van der Waals surface area (Å²) in [5.74, 6) is -2.09. The second kappa shape index (κ2) is 6.72. The maximum atomic E-state index is 14.4. The number of Topliss-reactive ketones (excluding diaryl/α,β-unsaturated/α-hetero) is 1. The lowest BCUT2D eigenvalue weighted by Gasteiger charge is -2.38. The summed E-state index contributed by atoms with van der Waals surface area (Å²) in [7, 11) is 0. The van der Waals surface area contributed by atoms with Gasteiger partial charge in [-0.1, -0.05) is 24.3 Å². The van der Waals surface area contributed by atoms with E-state index in [1.54, 1.807) is 0 Å². The number of amides is 1. The Hall–Kier alpha value is -2.82. The van der Waals surface area contributed by atoms with Gasteiger partial charge in [0.2, 0.25) is 5.91 Å². The maximum Gasteiger partial charge on any atom is 0.232 e. The van der Waals surface area contributed by atoms with Crippen LogP contribution in [0.3, 0.4) is 0 Å². The fourth-order valence-corrected chi connectivity index (χ4v) is 4.18. The lowest BCUT2D eigenvalue weighted by molar-refractivity contribution is -0.120. The van der Waals surface area contributed by atoms with Gasteiger partial charge in [0.15, 0.2) is 5.78 Å². The van der Waals surface area contributed by atoms with Crippen LogP contribution in [0.15, 0.2) is 53.7 Å². The van der Waals surface area contributed by atoms with Crippen molar-refractivity contribution < 1.29 is 18.4 Å². The van der Waals surface area contributed by atoms with E-state index in [4.69, 9.17) is 0 Å². The van der Waals surface area contributed by atoms with Crippen LogP contribution in [0.2, 0.25) is 0 Å². The highest BCUT2D eigenvalue weighted by Gasteiger charge is 2.40. The zero-order valence-corrected chi connectivity index (χ0v) is 15.0. The molecule has 1 amide bonds. The first-order valence-electron chi connectivity index (χ1n) is 9.07. The number of carbonyl (C=O) groups excluding carboxylic acids is 2. The number of hydrogen-bond donors (Lipinski definition) is 0. The van der Waals surface area contributed by atoms with Crippen molar-refractivity contribution in [2.45, 2.75) is 38.5 Å². The Morgan fingerprint density at radius 3 is 2.56 bits per heavy atom. The molecule has 138 valence electrons. The third-order valence-electron chi connectivity index (χ3n) is 5.39. The van der Waals surface area contributed by atoms with Gasteiger partial charge in [0.25, 0.3) is 0 Å². The second-order valence-corrected chi connectivity index (χ2v) is 7.08. The van der Waals surface area contributed by atoms with Gasteiger partial charge in [0, 0.05) is 36.1 Å². The summed E-state index contributed by atoms with van der Waals surface area (Å²) < 4.78 is 27.7. The van der Waals surface area contributed by atoms with Crippen molar-refractivity contribution in [3.8, 4) is 0 Å². The SMILES string of the molecule is Cc1ccccc1[C@H]1CC(=O)N(c2ccc(F)cc2F)C2=C1C(=O)CCC2. The summed E-state index contributed by atoms with van der Waals surface area (Å²) in [6.45, 7) is 1.96. The molecular weight excluding hydrogens is 348 g/mol. The van der Waals surface area contributed by atoms with Gasteiger partial charge in [-0.05, 0) is 43.0 Å². The van der Waals surface area contributed by atoms with Crippen molar-refractivity contribution in [3.05, 3.63) is 76.5 Å². The molecule has 2 aromatic carbocycles. The van der Waals surface area contributed by atoms with Gasteiger partial charge in [0.1, 0.15) is 11.6 Å². The summed E-state index contributed by atoms with van der Waals surface area (Å²) in [5, 5.41) is 0. The molecule has 1 atom stereocenters. The maximum absolute atomic E-state index is 14.4. The molecule has 1 heterocycles. The molecule has 4 rings (SSSR count). The number of aryl methyl sites for hydroxylation is 1. The molecule has 3 nitrogen and oxygen atoms in total. The number of carbonyl (C=O) groups is 2. The average Bonchev–Trinajstić information content (AvgIpc) is 2.63. The number of nitrogens with zero attached hydrogens (tertiary/aromatic N) is 1. The molecule has 0 spiro atoms. The highest BCUT2D eigenvalue weighted by atomic mass is 19.1. The first kappa shape index (κ1) is 17.6. The van der Waals surface area contributed by atoms with E-state index in [-0.39, 0.29) is 29.7 Å². The molecule has 2 aliphatic rings. The molecule has 2 aromatic rings. The van der Waals surface area contributed by atoms with Crippen LogP contribution < -0.4 is 4.90 Å². The summed E-state index contributed by atoms with van der Waals surface area (Å²) >= 11 is 0. The molecule has 0 bridgehead atoms. The summed E-state index contributed by atoms with van der Waals surface area (Å²) in [4.78, 5) is 27.1. The quantitative estimate of drug-likeness (QED) is 0.765. The van der Waals surface area contributed by atoms with Gasteiger partial charge < -0.3 is 0 Å². The molecule has 1 aliphatic carbocycles. The van der Waals surface area contributed by atoms with Gasteiger partial charge in [0.05, 0.1) is 5.69 Å². The van der Waals surface area contributed by atoms with Gasteiger partial charge >= 0.3 is 0 Å². The molecule has 27 heavy (non-hydrogen) atoms. The largest absolute Gasteiger partial charge is 0.294 e. The summed E-state index contributed by atoms with van der Waals surface area (Å²) in [5.41, 5.74) is 3.13. The van der Waals surface area contributed by atoms with Crippen molar-refractivity contribution in [2.24, 2.45) is 0 Å². The fourth-order valence-electron chi connectivity index (χ4n) is 4.18. The van der Waals surface area contributed by atoms with Crippen molar-refractivity contribution in [3.63, 3.8) is 0 Å². The van der Waals surface area contributed by atoms with E-state index in [0.29, 0.717) is 30.5 Å². The van der Waals surface area contributed by atoms with Crippen molar-refractivity contribution in [1.29, 1.82) is 0 Å². The van der Waals surface area contributed by atoms with Gasteiger partial charge in [-0.3, -0.25) is 14.5 Å². The van der Waals surface area contributed by atoms with E-state index in [0.717, 1.165) is 23.3 Å². The normalized spacial score (nSPS) is 20.1. The van der Waals surface area contributed by atoms with E-state index in [2.05, 4.69) is 0 Å². The Kier molecular flexibility index (Phi) is 4.38. The monoisotopic (exact) mass is 367 g/mol. The molecular formula is C22H19F2NO2. The predicted octanol–water partition coefficient (Wildman–Crippen LogP) is 4.80. The Labute approximate surface area is 156 Å². The van der Waals surface area contributed by atoms with Crippen LogP contribution in [0.4, 0.5) is 14.5 Å². The van der Waals surface area contributed by atoms with Crippen molar-refractivity contribution in [1.82, 2.24) is 0 Å². The lowest BCUT2D eigenvalue weighted by atomic mass is 9.76. The standard InChI is InChI=1S/C22H19F2NO2/c1-13-5-2-3-6-15(13)16-12-21(27)25(18-10-9-14(23)11-17(18)24)19-7-4-8-20(26)22(16)19/h2-3,5-6,9-11,16H,4,7-8,12H2,1H3/t16-/m1/s1. The van der Waals surface area contributed by atoms with E-state index in [1.807, 2.05) is 31.2 Å². The zero-order valence-electron chi connectivity index (χ0n) is 15.0. The number of halogens is 2. The number of ketones is 1. The van der Waals surface area contributed by atoms with Crippen LogP contribution in [-0.2, 0) is 9.59 Å². The highest BCUT2D eigenvalue weighted by Crippen LogP contribution is 2.44. The molecule has 0 saturated carbocycles. The zero-order chi connectivity index (χ0) is 19.1. The minimum absolute atomic E-state index is 0.00419. The topological polar surface area (TPSA) is 37.4 Å². The fraction of sp³-hybridized carbons (Fsp3) is 0.273. The Balaban J connectivity index is 1.90. The number of allylic oxidation sites excluding steroid dienone is 2. The first-order chi connectivity index (χ1) is 13.0. The van der Waals surface area contributed by atoms with E-state index in [9.17, 15) is 18.4 Å². The Morgan fingerprint density at radius 2 is 1.81 bits per heavy atom. The van der Waals surface area contributed by atoms with Crippen LogP contribution in [0.25, 0.3) is 0 Å². The van der Waals surface area contributed by atoms with E-state index in [1.165, 1.54) is 11.0 Å². The molecule has 1 aliphatic heterocycles. The van der Waals surface area contributed by atoms with Crippen LogP contribution >= 0.6 is 0 Å². The van der Waals surface area contributed by atoms with E-state index < -0.39 is 11.6 Å². The minimum Gasteiger partial charge on any atom is -0.294 e. The number of anilines is 1. The van der Waals surface area contributed by atoms with Crippen LogP contribution in [0.1, 0.15) is 42.7 Å². The summed E-state index contributed by atoms with van der Waals surface area (Å²) in [6.07, 6.45) is 1.65. The van der Waals surface area contributed by atoms with Crippen molar-refractivity contribution in [2.75, 3.05) is 4.90 Å². The van der Waals surface area contributed by atoms with Crippen molar-refractivity contribution >= 4 is 17.4 Å². The van der Waals surface area contributed by atoms with Crippen LogP contribution in [-0.4, -0.2) is 11.7 Å². The minimum atomic E-state index is -0.803. The molecule has 0 unspecified atom stereocenters. The van der Waals surface area contributed by atoms with Gasteiger partial charge in [-0.15, -0.1) is 0 Å².